The standard InChI is InChI=1S/C9H18N2O.ClH/c1-11(2)9(12)7-4-3-5-8(10)6-7;/h7-8H,3-6,10H2,1-2H3;1H. The van der Waals surface area contributed by atoms with Crippen LogP contribution in [-0.4, -0.2) is 30.9 Å². The highest BCUT2D eigenvalue weighted by molar-refractivity contribution is 5.85. The molecule has 1 saturated carbocycles. The third-order valence-corrected chi connectivity index (χ3v) is 2.50. The summed E-state index contributed by atoms with van der Waals surface area (Å²) in [5.41, 5.74) is 5.79. The Labute approximate surface area is 86.1 Å². The first kappa shape index (κ1) is 12.7. The third-order valence-electron chi connectivity index (χ3n) is 2.50. The molecule has 1 aliphatic carbocycles. The van der Waals surface area contributed by atoms with Crippen LogP contribution in [0.3, 0.4) is 0 Å². The van der Waals surface area contributed by atoms with E-state index in [0.717, 1.165) is 25.7 Å². The van der Waals surface area contributed by atoms with Gasteiger partial charge in [0, 0.05) is 26.1 Å². The van der Waals surface area contributed by atoms with Gasteiger partial charge in [-0.05, 0) is 19.3 Å². The molecule has 0 aromatic rings. The van der Waals surface area contributed by atoms with E-state index in [1.807, 2.05) is 14.1 Å². The highest BCUT2D eigenvalue weighted by Gasteiger charge is 2.25. The molecule has 0 radical (unpaired) electrons. The van der Waals surface area contributed by atoms with Gasteiger partial charge in [-0.2, -0.15) is 0 Å². The lowest BCUT2D eigenvalue weighted by atomic mass is 9.85. The van der Waals surface area contributed by atoms with E-state index < -0.39 is 0 Å². The number of hydrogen-bond acceptors (Lipinski definition) is 2. The largest absolute Gasteiger partial charge is 0.349 e. The topological polar surface area (TPSA) is 46.3 Å². The van der Waals surface area contributed by atoms with Crippen LogP contribution in [-0.2, 0) is 4.79 Å². The molecule has 1 amide bonds. The molecule has 78 valence electrons. The second-order valence-electron chi connectivity index (χ2n) is 3.86. The van der Waals surface area contributed by atoms with Crippen LogP contribution in [0.1, 0.15) is 25.7 Å². The number of halogens is 1. The van der Waals surface area contributed by atoms with E-state index in [0.29, 0.717) is 0 Å². The summed E-state index contributed by atoms with van der Waals surface area (Å²) in [7, 11) is 3.62. The fourth-order valence-corrected chi connectivity index (χ4v) is 1.82. The van der Waals surface area contributed by atoms with E-state index in [1.54, 1.807) is 4.90 Å². The van der Waals surface area contributed by atoms with Gasteiger partial charge >= 0.3 is 0 Å². The predicted octanol–water partition coefficient (Wildman–Crippen LogP) is 1.01. The van der Waals surface area contributed by atoms with Crippen molar-refractivity contribution in [2.24, 2.45) is 11.7 Å². The Hall–Kier alpha value is -0.280. The molecule has 1 aliphatic rings. The molecule has 3 nitrogen and oxygen atoms in total. The quantitative estimate of drug-likeness (QED) is 0.696. The van der Waals surface area contributed by atoms with Crippen LogP contribution in [0.4, 0.5) is 0 Å². The number of carbonyl (C=O) groups excluding carboxylic acids is 1. The van der Waals surface area contributed by atoms with Crippen LogP contribution in [0.15, 0.2) is 0 Å². The van der Waals surface area contributed by atoms with E-state index in [4.69, 9.17) is 5.73 Å². The Morgan fingerprint density at radius 3 is 2.46 bits per heavy atom. The van der Waals surface area contributed by atoms with Gasteiger partial charge < -0.3 is 10.6 Å². The normalized spacial score (nSPS) is 27.6. The number of hydrogen-bond donors (Lipinski definition) is 1. The number of rotatable bonds is 1. The fourth-order valence-electron chi connectivity index (χ4n) is 1.82. The molecule has 2 atom stereocenters. The summed E-state index contributed by atoms with van der Waals surface area (Å²) < 4.78 is 0. The number of carbonyl (C=O) groups is 1. The maximum absolute atomic E-state index is 11.5. The highest BCUT2D eigenvalue weighted by atomic mass is 35.5. The van der Waals surface area contributed by atoms with Gasteiger partial charge in [0.1, 0.15) is 0 Å². The molecule has 1 fully saturated rings. The first-order valence-electron chi connectivity index (χ1n) is 4.58. The minimum Gasteiger partial charge on any atom is -0.349 e. The van der Waals surface area contributed by atoms with Crippen LogP contribution >= 0.6 is 12.4 Å². The summed E-state index contributed by atoms with van der Waals surface area (Å²) in [4.78, 5) is 13.2. The molecule has 0 heterocycles. The molecule has 0 spiro atoms. The van der Waals surface area contributed by atoms with E-state index >= 15 is 0 Å². The average molecular weight is 207 g/mol. The van der Waals surface area contributed by atoms with Crippen LogP contribution in [0, 0.1) is 5.92 Å². The van der Waals surface area contributed by atoms with E-state index in [2.05, 4.69) is 0 Å². The van der Waals surface area contributed by atoms with E-state index in [-0.39, 0.29) is 30.3 Å². The van der Waals surface area contributed by atoms with Crippen LogP contribution in [0.2, 0.25) is 0 Å². The summed E-state index contributed by atoms with van der Waals surface area (Å²) in [5.74, 6) is 0.425. The van der Waals surface area contributed by atoms with Crippen molar-refractivity contribution in [1.82, 2.24) is 4.90 Å². The Balaban J connectivity index is 0.00000144. The second-order valence-corrected chi connectivity index (χ2v) is 3.86. The summed E-state index contributed by atoms with van der Waals surface area (Å²) in [5, 5.41) is 0. The molecule has 13 heavy (non-hydrogen) atoms. The van der Waals surface area contributed by atoms with Crippen molar-refractivity contribution in [3.8, 4) is 0 Å². The van der Waals surface area contributed by atoms with Crippen LogP contribution in [0.25, 0.3) is 0 Å². The molecule has 0 aromatic carbocycles. The molecule has 2 N–H and O–H groups in total. The molecule has 1 rings (SSSR count). The van der Waals surface area contributed by atoms with Crippen molar-refractivity contribution in [3.05, 3.63) is 0 Å². The first-order chi connectivity index (χ1) is 5.61. The molecule has 4 heteroatoms. The van der Waals surface area contributed by atoms with Crippen LogP contribution in [0.5, 0.6) is 0 Å². The molecular formula is C9H19ClN2O. The van der Waals surface area contributed by atoms with Gasteiger partial charge in [0.15, 0.2) is 0 Å². The third kappa shape index (κ3) is 3.53. The van der Waals surface area contributed by atoms with Gasteiger partial charge in [-0.15, -0.1) is 12.4 Å². The molecule has 0 saturated heterocycles. The second kappa shape index (κ2) is 5.45. The van der Waals surface area contributed by atoms with Crippen molar-refractivity contribution >= 4 is 18.3 Å². The van der Waals surface area contributed by atoms with Gasteiger partial charge in [0.2, 0.25) is 5.91 Å². The Kier molecular flexibility index (Phi) is 5.33. The van der Waals surface area contributed by atoms with Crippen molar-refractivity contribution in [3.63, 3.8) is 0 Å². The van der Waals surface area contributed by atoms with Gasteiger partial charge in [-0.25, -0.2) is 0 Å². The zero-order valence-corrected chi connectivity index (χ0v) is 9.14. The van der Waals surface area contributed by atoms with Crippen molar-refractivity contribution in [1.29, 1.82) is 0 Å². The van der Waals surface area contributed by atoms with Crippen molar-refractivity contribution in [2.75, 3.05) is 14.1 Å². The fraction of sp³-hybridized carbons (Fsp3) is 0.889. The summed E-state index contributed by atoms with van der Waals surface area (Å²) >= 11 is 0. The lowest BCUT2D eigenvalue weighted by Crippen LogP contribution is -2.37. The maximum atomic E-state index is 11.5. The highest BCUT2D eigenvalue weighted by Crippen LogP contribution is 2.24. The zero-order valence-electron chi connectivity index (χ0n) is 8.32. The molecular weight excluding hydrogens is 188 g/mol. The number of amides is 1. The first-order valence-corrected chi connectivity index (χ1v) is 4.58. The van der Waals surface area contributed by atoms with E-state index in [1.165, 1.54) is 0 Å². The van der Waals surface area contributed by atoms with Gasteiger partial charge in [-0.1, -0.05) is 6.42 Å². The molecule has 0 aliphatic heterocycles. The number of nitrogens with zero attached hydrogens (tertiary/aromatic N) is 1. The van der Waals surface area contributed by atoms with Gasteiger partial charge in [-0.3, -0.25) is 4.79 Å². The Bertz CT molecular complexity index is 173. The van der Waals surface area contributed by atoms with E-state index in [9.17, 15) is 4.79 Å². The summed E-state index contributed by atoms with van der Waals surface area (Å²) in [6, 6.07) is 0.243. The predicted molar refractivity (Wildman–Crippen MR) is 55.9 cm³/mol. The molecule has 0 bridgehead atoms. The van der Waals surface area contributed by atoms with Crippen LogP contribution < -0.4 is 5.73 Å². The average Bonchev–Trinajstić information content (AvgIpc) is 2.03. The molecule has 0 aromatic heterocycles. The Morgan fingerprint density at radius 2 is 2.00 bits per heavy atom. The smallest absolute Gasteiger partial charge is 0.225 e. The van der Waals surface area contributed by atoms with Gasteiger partial charge in [0.05, 0.1) is 0 Å². The minimum absolute atomic E-state index is 0. The summed E-state index contributed by atoms with van der Waals surface area (Å²) in [6.07, 6.45) is 4.07. The maximum Gasteiger partial charge on any atom is 0.225 e. The minimum atomic E-state index is 0. The van der Waals surface area contributed by atoms with Crippen molar-refractivity contribution in [2.45, 2.75) is 31.7 Å². The lowest BCUT2D eigenvalue weighted by Gasteiger charge is -2.27. The monoisotopic (exact) mass is 206 g/mol. The lowest BCUT2D eigenvalue weighted by molar-refractivity contribution is -0.134. The Morgan fingerprint density at radius 1 is 1.38 bits per heavy atom. The summed E-state index contributed by atoms with van der Waals surface area (Å²) in [6.45, 7) is 0. The van der Waals surface area contributed by atoms with Crippen molar-refractivity contribution < 1.29 is 4.79 Å². The zero-order chi connectivity index (χ0) is 9.14. The molecule has 2 unspecified atom stereocenters. The number of nitrogens with two attached hydrogens (primary N) is 1. The van der Waals surface area contributed by atoms with Gasteiger partial charge in [0.25, 0.3) is 0 Å². The SMILES string of the molecule is CN(C)C(=O)C1CCCC(N)C1.Cl.